The molecule has 3 rings (SSSR count). The number of piperidine rings is 1. The summed E-state index contributed by atoms with van der Waals surface area (Å²) in [6.45, 7) is 3.40. The summed E-state index contributed by atoms with van der Waals surface area (Å²) in [6, 6.07) is 12.3. The molecule has 1 saturated heterocycles. The van der Waals surface area contributed by atoms with Crippen molar-refractivity contribution in [2.24, 2.45) is 0 Å². The third-order valence-electron chi connectivity index (χ3n) is 5.12. The van der Waals surface area contributed by atoms with Gasteiger partial charge in [-0.25, -0.2) is 4.68 Å². The summed E-state index contributed by atoms with van der Waals surface area (Å²) in [5, 5.41) is 7.41. The van der Waals surface area contributed by atoms with Gasteiger partial charge in [0, 0.05) is 32.0 Å². The largest absolute Gasteiger partial charge is 0.343 e. The predicted molar refractivity (Wildman–Crippen MR) is 105 cm³/mol. The number of amides is 2. The van der Waals surface area contributed by atoms with E-state index in [1.165, 1.54) is 5.56 Å². The minimum atomic E-state index is 0.0197. The Balaban J connectivity index is 1.48. The van der Waals surface area contributed by atoms with Crippen LogP contribution in [0.1, 0.15) is 50.6 Å². The number of carbonyl (C=O) groups excluding carboxylic acids is 2. The van der Waals surface area contributed by atoms with Crippen molar-refractivity contribution >= 4 is 17.6 Å². The van der Waals surface area contributed by atoms with Crippen molar-refractivity contribution in [3.05, 3.63) is 48.2 Å². The van der Waals surface area contributed by atoms with Gasteiger partial charge >= 0.3 is 0 Å². The summed E-state index contributed by atoms with van der Waals surface area (Å²) in [5.41, 5.74) is 1.25. The Hall–Kier alpha value is -2.63. The Bertz CT molecular complexity index is 749. The van der Waals surface area contributed by atoms with E-state index in [9.17, 15) is 9.59 Å². The first-order valence-corrected chi connectivity index (χ1v) is 9.82. The van der Waals surface area contributed by atoms with Gasteiger partial charge in [0.1, 0.15) is 5.82 Å². The zero-order valence-corrected chi connectivity index (χ0v) is 15.9. The van der Waals surface area contributed by atoms with Gasteiger partial charge in [-0.1, -0.05) is 37.3 Å². The van der Waals surface area contributed by atoms with Gasteiger partial charge in [-0.05, 0) is 31.2 Å². The molecule has 0 unspecified atom stereocenters. The number of likely N-dealkylation sites (tertiary alicyclic amines) is 1. The predicted octanol–water partition coefficient (Wildman–Crippen LogP) is 3.42. The van der Waals surface area contributed by atoms with Crippen LogP contribution in [0.4, 0.5) is 5.82 Å². The van der Waals surface area contributed by atoms with Gasteiger partial charge in [-0.2, -0.15) is 5.10 Å². The lowest BCUT2D eigenvalue weighted by molar-refractivity contribution is -0.132. The zero-order chi connectivity index (χ0) is 19.1. The molecular formula is C21H28N4O2. The fourth-order valence-electron chi connectivity index (χ4n) is 3.59. The molecule has 144 valence electrons. The molecule has 1 aliphatic heterocycles. The summed E-state index contributed by atoms with van der Waals surface area (Å²) in [7, 11) is 0. The summed E-state index contributed by atoms with van der Waals surface area (Å²) < 4.78 is 1.91. The Kier molecular flexibility index (Phi) is 6.63. The maximum atomic E-state index is 12.3. The molecule has 1 aromatic heterocycles. The van der Waals surface area contributed by atoms with Crippen LogP contribution < -0.4 is 5.32 Å². The van der Waals surface area contributed by atoms with Crippen molar-refractivity contribution in [2.75, 3.05) is 18.4 Å². The van der Waals surface area contributed by atoms with E-state index in [4.69, 9.17) is 0 Å². The Morgan fingerprint density at radius 1 is 1.15 bits per heavy atom. The number of nitrogens with one attached hydrogen (secondary N) is 1. The molecule has 2 heterocycles. The SMILES string of the molecule is CCC(=O)N1CCC(n2nccc2NC(=O)CCCc2ccccc2)CC1. The van der Waals surface area contributed by atoms with Crippen molar-refractivity contribution in [1.29, 1.82) is 0 Å². The molecule has 0 aliphatic carbocycles. The third kappa shape index (κ3) is 5.18. The number of benzene rings is 1. The number of anilines is 1. The highest BCUT2D eigenvalue weighted by Crippen LogP contribution is 2.25. The summed E-state index contributed by atoms with van der Waals surface area (Å²) in [6.07, 6.45) is 6.22. The second kappa shape index (κ2) is 9.35. The standard InChI is InChI=1S/C21H28N4O2/c1-2-21(27)24-15-12-18(13-16-24)25-19(11-14-22-25)23-20(26)10-6-9-17-7-4-3-5-8-17/h3-5,7-8,11,14,18H,2,6,9-10,12-13,15-16H2,1H3,(H,23,26). The van der Waals surface area contributed by atoms with Crippen molar-refractivity contribution in [3.63, 3.8) is 0 Å². The topological polar surface area (TPSA) is 67.2 Å². The maximum Gasteiger partial charge on any atom is 0.225 e. The Morgan fingerprint density at radius 2 is 1.89 bits per heavy atom. The monoisotopic (exact) mass is 368 g/mol. The molecule has 6 nitrogen and oxygen atoms in total. The lowest BCUT2D eigenvalue weighted by Crippen LogP contribution is -2.39. The lowest BCUT2D eigenvalue weighted by atomic mass is 10.0. The van der Waals surface area contributed by atoms with Gasteiger partial charge < -0.3 is 10.2 Å². The molecule has 27 heavy (non-hydrogen) atoms. The van der Waals surface area contributed by atoms with Crippen LogP contribution in [0.3, 0.4) is 0 Å². The van der Waals surface area contributed by atoms with E-state index in [0.29, 0.717) is 12.8 Å². The zero-order valence-electron chi connectivity index (χ0n) is 15.9. The molecule has 1 fully saturated rings. The number of hydrogen-bond donors (Lipinski definition) is 1. The van der Waals surface area contributed by atoms with E-state index in [1.807, 2.05) is 40.8 Å². The van der Waals surface area contributed by atoms with Crippen molar-refractivity contribution in [2.45, 2.75) is 51.5 Å². The Labute approximate surface area is 160 Å². The molecule has 0 atom stereocenters. The van der Waals surface area contributed by atoms with Crippen LogP contribution in [0.5, 0.6) is 0 Å². The number of aromatic nitrogens is 2. The molecule has 6 heteroatoms. The lowest BCUT2D eigenvalue weighted by Gasteiger charge is -2.32. The average Bonchev–Trinajstić information content (AvgIpc) is 3.16. The van der Waals surface area contributed by atoms with Gasteiger partial charge in [0.25, 0.3) is 0 Å². The number of carbonyl (C=O) groups is 2. The van der Waals surface area contributed by atoms with E-state index in [0.717, 1.165) is 44.6 Å². The van der Waals surface area contributed by atoms with Crippen LogP contribution in [0, 0.1) is 0 Å². The van der Waals surface area contributed by atoms with Crippen LogP contribution in [0.25, 0.3) is 0 Å². The maximum absolute atomic E-state index is 12.3. The Morgan fingerprint density at radius 3 is 2.59 bits per heavy atom. The van der Waals surface area contributed by atoms with E-state index >= 15 is 0 Å². The molecule has 2 amide bonds. The van der Waals surface area contributed by atoms with Crippen molar-refractivity contribution in [3.8, 4) is 0 Å². The number of rotatable bonds is 7. The fraction of sp³-hybridized carbons (Fsp3) is 0.476. The molecule has 1 N–H and O–H groups in total. The summed E-state index contributed by atoms with van der Waals surface area (Å²) >= 11 is 0. The molecular weight excluding hydrogens is 340 g/mol. The first kappa shape index (κ1) is 19.1. The molecule has 0 spiro atoms. The highest BCUT2D eigenvalue weighted by atomic mass is 16.2. The quantitative estimate of drug-likeness (QED) is 0.814. The molecule has 0 saturated carbocycles. The highest BCUT2D eigenvalue weighted by molar-refractivity contribution is 5.89. The van der Waals surface area contributed by atoms with Crippen LogP contribution in [0.15, 0.2) is 42.6 Å². The van der Waals surface area contributed by atoms with E-state index < -0.39 is 0 Å². The molecule has 2 aromatic rings. The first-order chi connectivity index (χ1) is 13.2. The minimum Gasteiger partial charge on any atom is -0.343 e. The van der Waals surface area contributed by atoms with E-state index in [-0.39, 0.29) is 17.9 Å². The second-order valence-electron chi connectivity index (χ2n) is 7.01. The highest BCUT2D eigenvalue weighted by Gasteiger charge is 2.25. The van der Waals surface area contributed by atoms with Gasteiger partial charge in [-0.15, -0.1) is 0 Å². The second-order valence-corrected chi connectivity index (χ2v) is 7.01. The number of aryl methyl sites for hydroxylation is 1. The smallest absolute Gasteiger partial charge is 0.225 e. The molecule has 1 aliphatic rings. The minimum absolute atomic E-state index is 0.0197. The summed E-state index contributed by atoms with van der Waals surface area (Å²) in [5.74, 6) is 0.979. The van der Waals surface area contributed by atoms with Crippen LogP contribution in [0.2, 0.25) is 0 Å². The fourth-order valence-corrected chi connectivity index (χ4v) is 3.59. The first-order valence-electron chi connectivity index (χ1n) is 9.82. The van der Waals surface area contributed by atoms with Crippen LogP contribution in [-0.4, -0.2) is 39.6 Å². The van der Waals surface area contributed by atoms with Crippen LogP contribution in [-0.2, 0) is 16.0 Å². The molecule has 0 bridgehead atoms. The molecule has 0 radical (unpaired) electrons. The van der Waals surface area contributed by atoms with Gasteiger partial charge in [0.2, 0.25) is 11.8 Å². The van der Waals surface area contributed by atoms with Gasteiger partial charge in [-0.3, -0.25) is 9.59 Å². The van der Waals surface area contributed by atoms with Gasteiger partial charge in [0.05, 0.1) is 12.2 Å². The molecule has 1 aromatic carbocycles. The van der Waals surface area contributed by atoms with E-state index in [1.54, 1.807) is 6.20 Å². The summed E-state index contributed by atoms with van der Waals surface area (Å²) in [4.78, 5) is 26.1. The average molecular weight is 368 g/mol. The normalized spacial score (nSPS) is 14.9. The third-order valence-corrected chi connectivity index (χ3v) is 5.12. The number of nitrogens with zero attached hydrogens (tertiary/aromatic N) is 3. The van der Waals surface area contributed by atoms with Crippen LogP contribution >= 0.6 is 0 Å². The van der Waals surface area contributed by atoms with E-state index in [2.05, 4.69) is 22.5 Å². The number of hydrogen-bond acceptors (Lipinski definition) is 3. The van der Waals surface area contributed by atoms with Gasteiger partial charge in [0.15, 0.2) is 0 Å². The van der Waals surface area contributed by atoms with Crippen molar-refractivity contribution < 1.29 is 9.59 Å². The van der Waals surface area contributed by atoms with Crippen molar-refractivity contribution in [1.82, 2.24) is 14.7 Å².